The van der Waals surface area contributed by atoms with Gasteiger partial charge in [0.1, 0.15) is 0 Å². The van der Waals surface area contributed by atoms with Crippen LogP contribution >= 0.6 is 0 Å². The highest BCUT2D eigenvalue weighted by molar-refractivity contribution is 7.90. The van der Waals surface area contributed by atoms with E-state index >= 15 is 0 Å². The summed E-state index contributed by atoms with van der Waals surface area (Å²) in [7, 11) is -2.05. The zero-order valence-corrected chi connectivity index (χ0v) is 8.39. The van der Waals surface area contributed by atoms with E-state index in [-0.39, 0.29) is 6.54 Å². The van der Waals surface area contributed by atoms with Crippen LogP contribution in [0, 0.1) is 0 Å². The van der Waals surface area contributed by atoms with Crippen LogP contribution in [0.15, 0.2) is 0 Å². The lowest BCUT2D eigenvalue weighted by Crippen LogP contribution is -2.39. The average Bonchev–Trinajstić information content (AvgIpc) is 2.03. The monoisotopic (exact) mass is 210 g/mol. The lowest BCUT2D eigenvalue weighted by molar-refractivity contribution is -0.136. The molecule has 3 N–H and O–H groups in total. The minimum absolute atomic E-state index is 0.191. The first-order valence-electron chi connectivity index (χ1n) is 3.77. The highest BCUT2D eigenvalue weighted by Gasteiger charge is 2.26. The Morgan fingerprint density at radius 2 is 2.00 bits per heavy atom. The average molecular weight is 210 g/mol. The standard InChI is InChI=1S/C6H14N2O4S/c1-5(6(9)10)13(11,12)8-4-3-7-2/h5,7-8H,3-4H2,1-2H3,(H,9,10). The summed E-state index contributed by atoms with van der Waals surface area (Å²) in [5.74, 6) is -1.35. The van der Waals surface area contributed by atoms with Crippen LogP contribution in [-0.4, -0.2) is 44.9 Å². The molecule has 0 amide bonds. The van der Waals surface area contributed by atoms with Crippen LogP contribution in [-0.2, 0) is 14.8 Å². The van der Waals surface area contributed by atoms with E-state index in [0.29, 0.717) is 6.54 Å². The number of nitrogens with one attached hydrogen (secondary N) is 2. The van der Waals surface area contributed by atoms with Crippen LogP contribution < -0.4 is 10.0 Å². The van der Waals surface area contributed by atoms with Crippen LogP contribution in [0.4, 0.5) is 0 Å². The van der Waals surface area contributed by atoms with Crippen molar-refractivity contribution in [3.8, 4) is 0 Å². The van der Waals surface area contributed by atoms with Gasteiger partial charge in [0.25, 0.3) is 0 Å². The fraction of sp³-hybridized carbons (Fsp3) is 0.833. The van der Waals surface area contributed by atoms with E-state index in [4.69, 9.17) is 5.11 Å². The second-order valence-corrected chi connectivity index (χ2v) is 4.61. The maximum absolute atomic E-state index is 11.1. The van der Waals surface area contributed by atoms with E-state index in [1.54, 1.807) is 7.05 Å². The molecule has 1 atom stereocenters. The van der Waals surface area contributed by atoms with Gasteiger partial charge < -0.3 is 10.4 Å². The molecule has 0 heterocycles. The number of rotatable bonds is 6. The highest BCUT2D eigenvalue weighted by Crippen LogP contribution is 1.96. The van der Waals surface area contributed by atoms with Crippen molar-refractivity contribution in [2.24, 2.45) is 0 Å². The molecule has 0 rings (SSSR count). The molecular weight excluding hydrogens is 196 g/mol. The SMILES string of the molecule is CNCCNS(=O)(=O)C(C)C(=O)O. The van der Waals surface area contributed by atoms with Crippen molar-refractivity contribution in [3.63, 3.8) is 0 Å². The molecule has 0 aliphatic carbocycles. The number of aliphatic carboxylic acids is 1. The van der Waals surface area contributed by atoms with Gasteiger partial charge in [-0.25, -0.2) is 13.1 Å². The van der Waals surface area contributed by atoms with Gasteiger partial charge >= 0.3 is 5.97 Å². The molecule has 0 aromatic heterocycles. The fourth-order valence-corrected chi connectivity index (χ4v) is 1.48. The van der Waals surface area contributed by atoms with Crippen LogP contribution in [0.3, 0.4) is 0 Å². The molecule has 0 aromatic rings. The van der Waals surface area contributed by atoms with Crippen LogP contribution in [0.5, 0.6) is 0 Å². The van der Waals surface area contributed by atoms with Crippen molar-refractivity contribution in [1.29, 1.82) is 0 Å². The van der Waals surface area contributed by atoms with Crippen molar-refractivity contribution < 1.29 is 18.3 Å². The largest absolute Gasteiger partial charge is 0.480 e. The van der Waals surface area contributed by atoms with Gasteiger partial charge in [-0.15, -0.1) is 0 Å². The van der Waals surface area contributed by atoms with Crippen LogP contribution in [0.1, 0.15) is 6.92 Å². The van der Waals surface area contributed by atoms with E-state index in [9.17, 15) is 13.2 Å². The van der Waals surface area contributed by atoms with Crippen molar-refractivity contribution in [2.45, 2.75) is 12.2 Å². The van der Waals surface area contributed by atoms with E-state index in [1.807, 2.05) is 0 Å². The van der Waals surface area contributed by atoms with Gasteiger partial charge in [0.05, 0.1) is 0 Å². The topological polar surface area (TPSA) is 95.5 Å². The number of hydrogen-bond acceptors (Lipinski definition) is 4. The number of hydrogen-bond donors (Lipinski definition) is 3. The Bertz CT molecular complexity index is 262. The maximum atomic E-state index is 11.1. The normalized spacial score (nSPS) is 14.0. The van der Waals surface area contributed by atoms with Crippen LogP contribution in [0.25, 0.3) is 0 Å². The predicted molar refractivity (Wildman–Crippen MR) is 47.9 cm³/mol. The van der Waals surface area contributed by atoms with E-state index in [2.05, 4.69) is 10.0 Å². The number of carbonyl (C=O) groups is 1. The van der Waals surface area contributed by atoms with Crippen molar-refractivity contribution in [2.75, 3.05) is 20.1 Å². The molecule has 0 spiro atoms. The number of sulfonamides is 1. The van der Waals surface area contributed by atoms with Gasteiger partial charge in [0.2, 0.25) is 10.0 Å². The van der Waals surface area contributed by atoms with Crippen molar-refractivity contribution >= 4 is 16.0 Å². The van der Waals surface area contributed by atoms with Gasteiger partial charge in [0, 0.05) is 13.1 Å². The minimum Gasteiger partial charge on any atom is -0.480 e. The quantitative estimate of drug-likeness (QED) is 0.468. The third-order valence-corrected chi connectivity index (χ3v) is 3.23. The second-order valence-electron chi connectivity index (χ2n) is 2.52. The molecule has 7 heteroatoms. The van der Waals surface area contributed by atoms with Crippen molar-refractivity contribution in [3.05, 3.63) is 0 Å². The van der Waals surface area contributed by atoms with Crippen LogP contribution in [0.2, 0.25) is 0 Å². The Morgan fingerprint density at radius 1 is 1.46 bits per heavy atom. The Labute approximate surface area is 77.4 Å². The van der Waals surface area contributed by atoms with Gasteiger partial charge in [-0.3, -0.25) is 4.79 Å². The van der Waals surface area contributed by atoms with E-state index in [0.717, 1.165) is 6.92 Å². The summed E-state index contributed by atoms with van der Waals surface area (Å²) >= 11 is 0. The molecule has 0 saturated heterocycles. The molecule has 6 nitrogen and oxygen atoms in total. The molecule has 0 aliphatic rings. The molecule has 0 aliphatic heterocycles. The molecule has 1 unspecified atom stereocenters. The molecule has 13 heavy (non-hydrogen) atoms. The summed E-state index contributed by atoms with van der Waals surface area (Å²) in [5, 5.41) is 9.76. The summed E-state index contributed by atoms with van der Waals surface area (Å²) in [6.45, 7) is 1.78. The molecule has 0 radical (unpaired) electrons. The zero-order chi connectivity index (χ0) is 10.5. The Morgan fingerprint density at radius 3 is 2.38 bits per heavy atom. The summed E-state index contributed by atoms with van der Waals surface area (Å²) in [6.07, 6.45) is 0. The number of likely N-dealkylation sites (N-methyl/N-ethyl adjacent to an activating group) is 1. The molecule has 0 fully saturated rings. The maximum Gasteiger partial charge on any atom is 0.323 e. The third kappa shape index (κ3) is 4.20. The highest BCUT2D eigenvalue weighted by atomic mass is 32.2. The first kappa shape index (κ1) is 12.3. The van der Waals surface area contributed by atoms with Gasteiger partial charge in [-0.1, -0.05) is 0 Å². The second kappa shape index (κ2) is 5.15. The van der Waals surface area contributed by atoms with Crippen molar-refractivity contribution in [1.82, 2.24) is 10.0 Å². The first-order chi connectivity index (χ1) is 5.91. The lowest BCUT2D eigenvalue weighted by atomic mass is 10.5. The summed E-state index contributed by atoms with van der Waals surface area (Å²) in [5.41, 5.74) is 0. The molecule has 0 saturated carbocycles. The predicted octanol–water partition coefficient (Wildman–Crippen LogP) is -1.40. The fourth-order valence-electron chi connectivity index (χ4n) is 0.576. The molecule has 78 valence electrons. The first-order valence-corrected chi connectivity index (χ1v) is 5.32. The molecular formula is C6H14N2O4S. The Balaban J connectivity index is 4.16. The summed E-state index contributed by atoms with van der Waals surface area (Å²) < 4.78 is 24.4. The van der Waals surface area contributed by atoms with E-state index < -0.39 is 21.2 Å². The molecule has 0 aromatic carbocycles. The Hall–Kier alpha value is -0.660. The third-order valence-electron chi connectivity index (χ3n) is 1.49. The smallest absolute Gasteiger partial charge is 0.323 e. The molecule has 0 bridgehead atoms. The van der Waals surface area contributed by atoms with Gasteiger partial charge in [-0.05, 0) is 14.0 Å². The minimum atomic E-state index is -3.72. The summed E-state index contributed by atoms with van der Waals surface area (Å²) in [4.78, 5) is 10.3. The lowest BCUT2D eigenvalue weighted by Gasteiger charge is -2.09. The Kier molecular flexibility index (Phi) is 4.89. The van der Waals surface area contributed by atoms with Gasteiger partial charge in [-0.2, -0.15) is 0 Å². The number of carboxylic acids is 1. The zero-order valence-electron chi connectivity index (χ0n) is 7.57. The summed E-state index contributed by atoms with van der Waals surface area (Å²) in [6, 6.07) is 0. The van der Waals surface area contributed by atoms with Gasteiger partial charge in [0.15, 0.2) is 5.25 Å². The van der Waals surface area contributed by atoms with E-state index in [1.165, 1.54) is 0 Å². The number of carboxylic acid groups (broad SMARTS) is 1.